The third-order valence-electron chi connectivity index (χ3n) is 12.8. The first-order valence-electron chi connectivity index (χ1n) is 21.4. The van der Waals surface area contributed by atoms with Crippen molar-refractivity contribution in [2.45, 2.75) is 0 Å². The van der Waals surface area contributed by atoms with Crippen molar-refractivity contribution in [3.8, 4) is 45.5 Å². The first-order chi connectivity index (χ1) is 31.7. The fourth-order valence-corrected chi connectivity index (χ4v) is 9.81. The van der Waals surface area contributed by atoms with Crippen molar-refractivity contribution in [2.24, 2.45) is 0 Å². The van der Waals surface area contributed by atoms with Gasteiger partial charge in [-0.3, -0.25) is 9.13 Å². The average molecular weight is 820 g/mol. The van der Waals surface area contributed by atoms with Gasteiger partial charge in [0.25, 0.3) is 0 Å². The smallest absolute Gasteiger partial charge is 0.235 e. The molecule has 0 unspecified atom stereocenters. The van der Waals surface area contributed by atoms with Gasteiger partial charge in [-0.2, -0.15) is 0 Å². The second-order valence-electron chi connectivity index (χ2n) is 16.4. The van der Waals surface area contributed by atoms with Gasteiger partial charge in [0.1, 0.15) is 28.1 Å². The molecule has 6 heterocycles. The zero-order valence-corrected chi connectivity index (χ0v) is 34.1. The van der Waals surface area contributed by atoms with Crippen LogP contribution in [0.5, 0.6) is 0 Å². The third kappa shape index (κ3) is 5.18. The molecule has 6 aromatic heterocycles. The summed E-state index contributed by atoms with van der Waals surface area (Å²) in [7, 11) is 0. The number of aromatic nitrogens is 5. The van der Waals surface area contributed by atoms with Crippen LogP contribution >= 0.6 is 0 Å². The summed E-state index contributed by atoms with van der Waals surface area (Å²) in [5.74, 6) is 1.42. The highest BCUT2D eigenvalue weighted by atomic mass is 16.3. The zero-order valence-electron chi connectivity index (χ0n) is 34.1. The quantitative estimate of drug-likeness (QED) is 0.173. The molecule has 0 N–H and O–H groups in total. The Morgan fingerprint density at radius 3 is 1.42 bits per heavy atom. The second kappa shape index (κ2) is 13.3. The minimum absolute atomic E-state index is 0.569. The lowest BCUT2D eigenvalue weighted by molar-refractivity contribution is 0.668. The molecule has 7 heteroatoms. The lowest BCUT2D eigenvalue weighted by atomic mass is 10.0. The minimum Gasteiger partial charge on any atom is -0.456 e. The van der Waals surface area contributed by atoms with Crippen molar-refractivity contribution in [1.29, 1.82) is 0 Å². The van der Waals surface area contributed by atoms with E-state index in [1.165, 1.54) is 0 Å². The molecule has 0 aliphatic carbocycles. The molecule has 8 aromatic carbocycles. The zero-order chi connectivity index (χ0) is 41.9. The SMILES string of the molecule is c1ccc(-c2cccc(-n3c4ccccc4c4cc5c6ccccc6n(-c6nc(-c7ccc8oc9ccccc9c8c7)cc(-c7ccc8oc9ccccc9c8c7)n6)c5cc43)n2)cc1. The molecule has 0 saturated heterocycles. The summed E-state index contributed by atoms with van der Waals surface area (Å²) in [6.07, 6.45) is 0. The Labute approximate surface area is 364 Å². The monoisotopic (exact) mass is 819 g/mol. The molecule has 14 aromatic rings. The number of fused-ring (bicyclic) bond motifs is 12. The summed E-state index contributed by atoms with van der Waals surface area (Å²) in [5.41, 5.74) is 13.0. The number of rotatable bonds is 5. The van der Waals surface area contributed by atoms with Crippen LogP contribution in [0.25, 0.3) is 133 Å². The number of nitrogens with zero attached hydrogens (tertiary/aromatic N) is 5. The van der Waals surface area contributed by atoms with E-state index < -0.39 is 0 Å². The van der Waals surface area contributed by atoms with Crippen molar-refractivity contribution in [3.05, 3.63) is 200 Å². The Morgan fingerprint density at radius 2 is 0.797 bits per heavy atom. The fraction of sp³-hybridized carbons (Fsp3) is 0. The second-order valence-corrected chi connectivity index (χ2v) is 16.4. The number of furan rings is 2. The largest absolute Gasteiger partial charge is 0.456 e. The van der Waals surface area contributed by atoms with Crippen LogP contribution in [-0.2, 0) is 0 Å². The van der Waals surface area contributed by atoms with Crippen molar-refractivity contribution >= 4 is 87.5 Å². The van der Waals surface area contributed by atoms with Crippen molar-refractivity contribution in [2.75, 3.05) is 0 Å². The molecule has 64 heavy (non-hydrogen) atoms. The van der Waals surface area contributed by atoms with Crippen molar-refractivity contribution in [3.63, 3.8) is 0 Å². The van der Waals surface area contributed by atoms with Gasteiger partial charge in [-0.15, -0.1) is 0 Å². The Balaban J connectivity index is 1.05. The van der Waals surface area contributed by atoms with Crippen LogP contribution in [0, 0.1) is 0 Å². The highest BCUT2D eigenvalue weighted by Gasteiger charge is 2.22. The highest BCUT2D eigenvalue weighted by molar-refractivity contribution is 6.19. The highest BCUT2D eigenvalue weighted by Crippen LogP contribution is 2.41. The molecule has 7 nitrogen and oxygen atoms in total. The fourth-order valence-electron chi connectivity index (χ4n) is 9.81. The van der Waals surface area contributed by atoms with E-state index >= 15 is 0 Å². The Kier molecular flexibility index (Phi) is 7.27. The van der Waals surface area contributed by atoms with E-state index in [0.29, 0.717) is 5.95 Å². The van der Waals surface area contributed by atoms with Crippen LogP contribution in [-0.4, -0.2) is 24.1 Å². The van der Waals surface area contributed by atoms with Crippen LogP contribution in [0.15, 0.2) is 209 Å². The summed E-state index contributed by atoms with van der Waals surface area (Å²) in [5, 5.41) is 8.76. The van der Waals surface area contributed by atoms with Crippen molar-refractivity contribution in [1.82, 2.24) is 24.1 Å². The average Bonchev–Trinajstić information content (AvgIpc) is 4.10. The summed E-state index contributed by atoms with van der Waals surface area (Å²) in [6.45, 7) is 0. The maximum atomic E-state index is 6.26. The van der Waals surface area contributed by atoms with Gasteiger partial charge in [0.2, 0.25) is 5.95 Å². The maximum absolute atomic E-state index is 6.26. The molecule has 0 amide bonds. The summed E-state index contributed by atoms with van der Waals surface area (Å²) < 4.78 is 17.0. The minimum atomic E-state index is 0.569. The van der Waals surface area contributed by atoms with Crippen molar-refractivity contribution < 1.29 is 8.83 Å². The molecule has 0 atom stereocenters. The molecule has 0 aliphatic heterocycles. The Morgan fingerprint density at radius 1 is 0.281 bits per heavy atom. The molecule has 298 valence electrons. The van der Waals surface area contributed by atoms with E-state index in [2.05, 4.69) is 167 Å². The predicted molar refractivity (Wildman–Crippen MR) is 259 cm³/mol. The van der Waals surface area contributed by atoms with Gasteiger partial charge in [0.05, 0.1) is 39.1 Å². The number of hydrogen-bond acceptors (Lipinski definition) is 5. The van der Waals surface area contributed by atoms with Crippen LogP contribution in [0.1, 0.15) is 0 Å². The summed E-state index contributed by atoms with van der Waals surface area (Å²) in [6, 6.07) is 69.5. The molecular weight excluding hydrogens is 787 g/mol. The molecule has 0 radical (unpaired) electrons. The van der Waals surface area contributed by atoms with E-state index in [4.69, 9.17) is 23.8 Å². The third-order valence-corrected chi connectivity index (χ3v) is 12.8. The van der Waals surface area contributed by atoms with Crippen LogP contribution in [0.4, 0.5) is 0 Å². The molecule has 0 fully saturated rings. The molecule has 0 aliphatic rings. The van der Waals surface area contributed by atoms with Gasteiger partial charge >= 0.3 is 0 Å². The standard InChI is InChI=1S/C57H33N5O2/c1-2-13-34(14-3-1)45-19-12-24-56(58-45)61-48-20-8-4-15-37(48)41-31-42-38-16-5-9-21-49(38)62(51(42)33-50(41)61)57-59-46(35-25-27-54-43(29-35)39-17-6-10-22-52(39)63-54)32-47(60-57)36-26-28-55-44(30-36)40-18-7-11-23-53(40)64-55/h1-33H. The van der Waals surface area contributed by atoms with Gasteiger partial charge in [0, 0.05) is 59.8 Å². The maximum Gasteiger partial charge on any atom is 0.235 e. The number of hydrogen-bond donors (Lipinski definition) is 0. The van der Waals surface area contributed by atoms with Gasteiger partial charge < -0.3 is 8.83 Å². The van der Waals surface area contributed by atoms with Crippen LogP contribution < -0.4 is 0 Å². The summed E-state index contributed by atoms with van der Waals surface area (Å²) in [4.78, 5) is 16.2. The van der Waals surface area contributed by atoms with Gasteiger partial charge in [-0.05, 0) is 91.0 Å². The lowest BCUT2D eigenvalue weighted by Gasteiger charge is -2.13. The first-order valence-corrected chi connectivity index (χ1v) is 21.4. The molecular formula is C57H33N5O2. The Bertz CT molecular complexity index is 4080. The van der Waals surface area contributed by atoms with E-state index in [-0.39, 0.29) is 0 Å². The van der Waals surface area contributed by atoms with E-state index in [1.807, 2.05) is 42.5 Å². The molecule has 0 saturated carbocycles. The normalized spacial score (nSPS) is 12.1. The predicted octanol–water partition coefficient (Wildman–Crippen LogP) is 14.9. The van der Waals surface area contributed by atoms with E-state index in [9.17, 15) is 0 Å². The number of benzene rings is 8. The van der Waals surface area contributed by atoms with E-state index in [0.717, 1.165) is 127 Å². The Hall–Kier alpha value is -8.81. The lowest BCUT2D eigenvalue weighted by Crippen LogP contribution is -2.04. The molecule has 14 rings (SSSR count). The van der Waals surface area contributed by atoms with Gasteiger partial charge in [-0.1, -0.05) is 109 Å². The molecule has 0 bridgehead atoms. The first kappa shape index (κ1) is 34.9. The van der Waals surface area contributed by atoms with Gasteiger partial charge in [0.15, 0.2) is 0 Å². The number of pyridine rings is 1. The topological polar surface area (TPSA) is 74.8 Å². The number of para-hydroxylation sites is 4. The van der Waals surface area contributed by atoms with Crippen LogP contribution in [0.3, 0.4) is 0 Å². The molecule has 0 spiro atoms. The van der Waals surface area contributed by atoms with Crippen LogP contribution in [0.2, 0.25) is 0 Å². The summed E-state index contributed by atoms with van der Waals surface area (Å²) >= 11 is 0. The van der Waals surface area contributed by atoms with E-state index in [1.54, 1.807) is 0 Å². The van der Waals surface area contributed by atoms with Gasteiger partial charge in [-0.25, -0.2) is 15.0 Å².